The third kappa shape index (κ3) is 4.00. The lowest BCUT2D eigenvalue weighted by atomic mass is 10.2. The molecule has 0 saturated heterocycles. The fourth-order valence-corrected chi connectivity index (χ4v) is 1.88. The Balaban J connectivity index is 0.00000200. The van der Waals surface area contributed by atoms with Crippen molar-refractivity contribution in [1.29, 1.82) is 0 Å². The molecule has 0 aromatic heterocycles. The molecule has 0 unspecified atom stereocenters. The first kappa shape index (κ1) is 16.6. The number of anilines is 2. The van der Waals surface area contributed by atoms with Crippen molar-refractivity contribution in [3.05, 3.63) is 17.2 Å². The Labute approximate surface area is 127 Å². The van der Waals surface area contributed by atoms with E-state index in [0.29, 0.717) is 41.5 Å². The summed E-state index contributed by atoms with van der Waals surface area (Å²) in [6.45, 7) is 0.412. The van der Waals surface area contributed by atoms with Crippen molar-refractivity contribution in [1.82, 2.24) is 0 Å². The second kappa shape index (κ2) is 7.33. The summed E-state index contributed by atoms with van der Waals surface area (Å²) in [7, 11) is 0. The zero-order valence-corrected chi connectivity index (χ0v) is 12.1. The van der Waals surface area contributed by atoms with Gasteiger partial charge in [-0.15, -0.1) is 12.4 Å². The van der Waals surface area contributed by atoms with Crippen LogP contribution in [0.2, 0.25) is 5.02 Å². The Morgan fingerprint density at radius 3 is 2.95 bits per heavy atom. The normalized spacial score (nSPS) is 12.6. The van der Waals surface area contributed by atoms with Crippen LogP contribution in [-0.2, 0) is 9.59 Å². The third-order valence-corrected chi connectivity index (χ3v) is 2.90. The maximum Gasteiger partial charge on any atom is 0.262 e. The molecule has 0 bridgehead atoms. The Hall–Kier alpha value is -1.50. The molecule has 1 heterocycles. The van der Waals surface area contributed by atoms with Crippen LogP contribution in [0.4, 0.5) is 11.4 Å². The number of fused-ring (bicyclic) bond motifs is 1. The monoisotopic (exact) mass is 319 g/mol. The first-order valence-electron chi connectivity index (χ1n) is 5.86. The molecule has 2 rings (SSSR count). The molecule has 0 fully saturated rings. The van der Waals surface area contributed by atoms with E-state index in [1.807, 2.05) is 0 Å². The number of nitrogens with two attached hydrogens (primary N) is 1. The highest BCUT2D eigenvalue weighted by Gasteiger charge is 2.18. The second-order valence-electron chi connectivity index (χ2n) is 4.11. The van der Waals surface area contributed by atoms with E-state index in [0.717, 1.165) is 0 Å². The lowest BCUT2D eigenvalue weighted by Gasteiger charge is -2.19. The van der Waals surface area contributed by atoms with Crippen LogP contribution in [0.3, 0.4) is 0 Å². The van der Waals surface area contributed by atoms with Gasteiger partial charge in [-0.25, -0.2) is 0 Å². The van der Waals surface area contributed by atoms with Crippen molar-refractivity contribution >= 4 is 47.2 Å². The number of carbonyl (C=O) groups excluding carboxylic acids is 2. The van der Waals surface area contributed by atoms with E-state index in [9.17, 15) is 9.59 Å². The van der Waals surface area contributed by atoms with Gasteiger partial charge in [0.25, 0.3) is 5.91 Å². The van der Waals surface area contributed by atoms with Gasteiger partial charge in [-0.3, -0.25) is 9.59 Å². The summed E-state index contributed by atoms with van der Waals surface area (Å²) in [6, 6.07) is 3.14. The highest BCUT2D eigenvalue weighted by atomic mass is 35.5. The number of hydrogen-bond acceptors (Lipinski definition) is 4. The Kier molecular flexibility index (Phi) is 6.06. The summed E-state index contributed by atoms with van der Waals surface area (Å²) in [4.78, 5) is 22.8. The fraction of sp³-hybridized carbons (Fsp3) is 0.333. The summed E-state index contributed by atoms with van der Waals surface area (Å²) in [6.07, 6.45) is 0.947. The summed E-state index contributed by atoms with van der Waals surface area (Å²) < 4.78 is 5.25. The van der Waals surface area contributed by atoms with E-state index in [2.05, 4.69) is 10.6 Å². The zero-order valence-electron chi connectivity index (χ0n) is 10.6. The van der Waals surface area contributed by atoms with Crippen molar-refractivity contribution in [3.63, 3.8) is 0 Å². The highest BCUT2D eigenvalue weighted by molar-refractivity contribution is 6.34. The minimum Gasteiger partial charge on any atom is -0.482 e. The standard InChI is InChI=1S/C12H14ClN3O3.ClH/c13-7-4-9-10(19-6-12(18)16-9)5-8(7)15-11(17)2-1-3-14;/h4-5H,1-3,6,14H2,(H,15,17)(H,16,18);1H. The zero-order chi connectivity index (χ0) is 13.8. The molecule has 2 amide bonds. The molecule has 20 heavy (non-hydrogen) atoms. The fourth-order valence-electron chi connectivity index (χ4n) is 1.67. The predicted octanol–water partition coefficient (Wildman–Crippen LogP) is 1.77. The molecule has 1 aliphatic rings. The molecule has 0 spiro atoms. The average molecular weight is 320 g/mol. The maximum absolute atomic E-state index is 11.6. The minimum absolute atomic E-state index is 0. The molecular weight excluding hydrogens is 305 g/mol. The largest absolute Gasteiger partial charge is 0.482 e. The molecule has 4 N–H and O–H groups in total. The van der Waals surface area contributed by atoms with Gasteiger partial charge in [0.2, 0.25) is 5.91 Å². The van der Waals surface area contributed by atoms with Gasteiger partial charge in [0.05, 0.1) is 16.4 Å². The number of ether oxygens (including phenoxy) is 1. The number of halogens is 2. The molecule has 6 nitrogen and oxygen atoms in total. The number of nitrogens with one attached hydrogen (secondary N) is 2. The van der Waals surface area contributed by atoms with E-state index in [1.54, 1.807) is 12.1 Å². The molecule has 0 radical (unpaired) electrons. The van der Waals surface area contributed by atoms with Crippen LogP contribution >= 0.6 is 24.0 Å². The van der Waals surface area contributed by atoms with Gasteiger partial charge in [0.1, 0.15) is 5.75 Å². The van der Waals surface area contributed by atoms with Crippen molar-refractivity contribution < 1.29 is 14.3 Å². The molecule has 0 aliphatic carbocycles. The second-order valence-corrected chi connectivity index (χ2v) is 4.51. The third-order valence-electron chi connectivity index (χ3n) is 2.58. The minimum atomic E-state index is -0.233. The molecular formula is C12H15Cl2N3O3. The van der Waals surface area contributed by atoms with Crippen LogP contribution in [0.1, 0.15) is 12.8 Å². The highest BCUT2D eigenvalue weighted by Crippen LogP contribution is 2.36. The van der Waals surface area contributed by atoms with Crippen LogP contribution in [0.5, 0.6) is 5.75 Å². The van der Waals surface area contributed by atoms with Gasteiger partial charge in [-0.05, 0) is 19.0 Å². The molecule has 110 valence electrons. The summed E-state index contributed by atoms with van der Waals surface area (Å²) in [5.74, 6) is 0.0913. The number of rotatable bonds is 4. The Morgan fingerprint density at radius 2 is 2.25 bits per heavy atom. The first-order valence-corrected chi connectivity index (χ1v) is 6.24. The molecule has 0 saturated carbocycles. The van der Waals surface area contributed by atoms with Crippen LogP contribution in [-0.4, -0.2) is 25.0 Å². The van der Waals surface area contributed by atoms with Crippen molar-refractivity contribution in [3.8, 4) is 5.75 Å². The smallest absolute Gasteiger partial charge is 0.262 e. The summed E-state index contributed by atoms with van der Waals surface area (Å²) in [5, 5.41) is 5.66. The summed E-state index contributed by atoms with van der Waals surface area (Å²) in [5.41, 5.74) is 6.30. The van der Waals surface area contributed by atoms with Gasteiger partial charge in [-0.1, -0.05) is 11.6 Å². The van der Waals surface area contributed by atoms with Crippen molar-refractivity contribution in [2.24, 2.45) is 5.73 Å². The number of carbonyl (C=O) groups is 2. The van der Waals surface area contributed by atoms with Crippen LogP contribution in [0.25, 0.3) is 0 Å². The van der Waals surface area contributed by atoms with Crippen molar-refractivity contribution in [2.45, 2.75) is 12.8 Å². The quantitative estimate of drug-likeness (QED) is 0.788. The van der Waals surface area contributed by atoms with E-state index in [-0.39, 0.29) is 30.8 Å². The Morgan fingerprint density at radius 1 is 1.50 bits per heavy atom. The maximum atomic E-state index is 11.6. The van der Waals surface area contributed by atoms with E-state index in [4.69, 9.17) is 22.1 Å². The van der Waals surface area contributed by atoms with Gasteiger partial charge in [0.15, 0.2) is 6.61 Å². The molecule has 1 aromatic carbocycles. The van der Waals surface area contributed by atoms with Crippen molar-refractivity contribution in [2.75, 3.05) is 23.8 Å². The molecule has 8 heteroatoms. The predicted molar refractivity (Wildman–Crippen MR) is 79.7 cm³/mol. The van der Waals surface area contributed by atoms with Crippen LogP contribution < -0.4 is 21.1 Å². The average Bonchev–Trinajstić information content (AvgIpc) is 2.37. The van der Waals surface area contributed by atoms with Gasteiger partial charge >= 0.3 is 0 Å². The van der Waals surface area contributed by atoms with Gasteiger partial charge in [0, 0.05) is 12.5 Å². The van der Waals surface area contributed by atoms with E-state index in [1.165, 1.54) is 0 Å². The topological polar surface area (TPSA) is 93.5 Å². The number of hydrogen-bond donors (Lipinski definition) is 3. The van der Waals surface area contributed by atoms with Gasteiger partial charge in [-0.2, -0.15) is 0 Å². The van der Waals surface area contributed by atoms with Crippen LogP contribution in [0, 0.1) is 0 Å². The molecule has 1 aromatic rings. The first-order chi connectivity index (χ1) is 9.10. The Bertz CT molecular complexity index is 523. The summed E-state index contributed by atoms with van der Waals surface area (Å²) >= 11 is 6.04. The van der Waals surface area contributed by atoms with E-state index < -0.39 is 0 Å². The molecule has 0 atom stereocenters. The SMILES string of the molecule is Cl.NCCCC(=O)Nc1cc2c(cc1Cl)NC(=O)CO2. The van der Waals surface area contributed by atoms with Crippen LogP contribution in [0.15, 0.2) is 12.1 Å². The number of amides is 2. The lowest BCUT2D eigenvalue weighted by molar-refractivity contribution is -0.118. The number of benzene rings is 1. The molecule has 1 aliphatic heterocycles. The lowest BCUT2D eigenvalue weighted by Crippen LogP contribution is -2.25. The van der Waals surface area contributed by atoms with Gasteiger partial charge < -0.3 is 21.1 Å². The van der Waals surface area contributed by atoms with E-state index >= 15 is 0 Å².